The van der Waals surface area contributed by atoms with Gasteiger partial charge in [0, 0.05) is 31.4 Å². The van der Waals surface area contributed by atoms with Gasteiger partial charge in [-0.05, 0) is 60.0 Å². The highest BCUT2D eigenvalue weighted by molar-refractivity contribution is 5.69. The van der Waals surface area contributed by atoms with Gasteiger partial charge in [0.2, 0.25) is 0 Å². The number of hydrogen-bond acceptors (Lipinski definition) is 9. The third kappa shape index (κ3) is 7.74. The smallest absolute Gasteiger partial charge is 0.308 e. The van der Waals surface area contributed by atoms with Crippen molar-refractivity contribution in [2.45, 2.75) is 38.8 Å². The van der Waals surface area contributed by atoms with Crippen molar-refractivity contribution < 1.29 is 34.0 Å². The van der Waals surface area contributed by atoms with Crippen LogP contribution in [-0.2, 0) is 29.2 Å². The van der Waals surface area contributed by atoms with Gasteiger partial charge >= 0.3 is 5.97 Å². The molecule has 2 atom stereocenters. The molecule has 0 saturated carbocycles. The Morgan fingerprint density at radius 3 is 2.86 bits per heavy atom. The molecule has 196 valence electrons. The first kappa shape index (κ1) is 26.6. The van der Waals surface area contributed by atoms with Crippen LogP contribution in [0.5, 0.6) is 17.2 Å². The van der Waals surface area contributed by atoms with E-state index < -0.39 is 12.1 Å². The number of esters is 1. The van der Waals surface area contributed by atoms with Crippen molar-refractivity contribution in [3.8, 4) is 17.2 Å². The average Bonchev–Trinajstić information content (AvgIpc) is 2.91. The van der Waals surface area contributed by atoms with Crippen molar-refractivity contribution in [2.75, 3.05) is 26.3 Å². The van der Waals surface area contributed by atoms with Gasteiger partial charge in [-0.25, -0.2) is 0 Å². The second-order valence-corrected chi connectivity index (χ2v) is 8.80. The predicted molar refractivity (Wildman–Crippen MR) is 135 cm³/mol. The number of nitrogens with one attached hydrogen (secondary N) is 1. The maximum absolute atomic E-state index is 11.2. The van der Waals surface area contributed by atoms with E-state index in [0.29, 0.717) is 61.3 Å². The molecule has 0 fully saturated rings. The van der Waals surface area contributed by atoms with Crippen LogP contribution in [0.1, 0.15) is 35.3 Å². The summed E-state index contributed by atoms with van der Waals surface area (Å²) in [6.07, 6.45) is 3.28. The summed E-state index contributed by atoms with van der Waals surface area (Å²) in [7, 11) is 0. The van der Waals surface area contributed by atoms with Gasteiger partial charge in [0.15, 0.2) is 17.6 Å². The highest BCUT2D eigenvalue weighted by Gasteiger charge is 2.21. The Balaban J connectivity index is 1.22. The molecule has 1 aliphatic heterocycles. The minimum atomic E-state index is -0.774. The van der Waals surface area contributed by atoms with E-state index >= 15 is 0 Å². The second-order valence-electron chi connectivity index (χ2n) is 8.80. The van der Waals surface area contributed by atoms with Crippen molar-refractivity contribution in [2.24, 2.45) is 0 Å². The molecular formula is C28H32N2O7. The lowest BCUT2D eigenvalue weighted by atomic mass is 10.0. The van der Waals surface area contributed by atoms with E-state index in [1.54, 1.807) is 30.6 Å². The minimum Gasteiger partial charge on any atom is -0.486 e. The van der Waals surface area contributed by atoms with Crippen molar-refractivity contribution in [3.05, 3.63) is 83.2 Å². The topological polar surface area (TPSA) is 119 Å². The van der Waals surface area contributed by atoms with Gasteiger partial charge < -0.3 is 34.5 Å². The van der Waals surface area contributed by atoms with Crippen LogP contribution in [0.2, 0.25) is 0 Å². The molecule has 1 aromatic heterocycles. The lowest BCUT2D eigenvalue weighted by Crippen LogP contribution is -2.33. The van der Waals surface area contributed by atoms with E-state index in [1.807, 2.05) is 30.3 Å². The van der Waals surface area contributed by atoms with Crippen molar-refractivity contribution in [3.63, 3.8) is 0 Å². The normalized spacial score (nSPS) is 15.3. The Hall–Kier alpha value is -3.50. The van der Waals surface area contributed by atoms with Crippen LogP contribution in [-0.4, -0.2) is 53.6 Å². The number of aliphatic hydroxyl groups is 2. The Morgan fingerprint density at radius 2 is 2.08 bits per heavy atom. The van der Waals surface area contributed by atoms with Crippen LogP contribution >= 0.6 is 0 Å². The molecule has 3 N–H and O–H groups in total. The van der Waals surface area contributed by atoms with Crippen molar-refractivity contribution in [1.29, 1.82) is 0 Å². The highest BCUT2D eigenvalue weighted by atomic mass is 16.6. The van der Waals surface area contributed by atoms with Gasteiger partial charge in [0.1, 0.15) is 12.4 Å². The summed E-state index contributed by atoms with van der Waals surface area (Å²) in [5.41, 5.74) is 3.16. The molecule has 2 aromatic carbocycles. The van der Waals surface area contributed by atoms with E-state index in [4.69, 9.17) is 18.9 Å². The molecule has 0 bridgehead atoms. The number of fused-ring (bicyclic) bond motifs is 1. The summed E-state index contributed by atoms with van der Waals surface area (Å²) in [6.45, 7) is 3.30. The summed E-state index contributed by atoms with van der Waals surface area (Å²) in [6, 6.07) is 14.6. The summed E-state index contributed by atoms with van der Waals surface area (Å²) in [4.78, 5) is 15.3. The van der Waals surface area contributed by atoms with E-state index in [-0.39, 0.29) is 12.7 Å². The number of hydrogen-bond donors (Lipinski definition) is 3. The lowest BCUT2D eigenvalue weighted by Gasteiger charge is -2.27. The molecular weight excluding hydrogens is 476 g/mol. The number of pyridine rings is 1. The summed E-state index contributed by atoms with van der Waals surface area (Å²) < 4.78 is 22.8. The summed E-state index contributed by atoms with van der Waals surface area (Å²) in [5.74, 6) is 1.24. The largest absolute Gasteiger partial charge is 0.486 e. The molecule has 9 heteroatoms. The number of benzene rings is 2. The Morgan fingerprint density at radius 1 is 1.19 bits per heavy atom. The van der Waals surface area contributed by atoms with E-state index in [1.165, 1.54) is 6.92 Å². The highest BCUT2D eigenvalue weighted by Crippen LogP contribution is 2.33. The lowest BCUT2D eigenvalue weighted by molar-refractivity contribution is -0.131. The number of nitrogens with zero attached hydrogens (tertiary/aromatic N) is 1. The molecule has 0 amide bonds. The first-order chi connectivity index (χ1) is 18.0. The molecule has 1 aliphatic rings. The molecule has 3 aromatic rings. The third-order valence-electron chi connectivity index (χ3n) is 5.84. The predicted octanol–water partition coefficient (Wildman–Crippen LogP) is 2.72. The van der Waals surface area contributed by atoms with Crippen molar-refractivity contribution in [1.82, 2.24) is 10.3 Å². The van der Waals surface area contributed by atoms with Crippen LogP contribution in [0.25, 0.3) is 0 Å². The molecule has 0 spiro atoms. The van der Waals surface area contributed by atoms with Crippen LogP contribution in [0, 0.1) is 0 Å². The SMILES string of the molecule is CC(=O)Oc1ccc(C(O)CNCCc2ccc3c(c2)OC(COCc2cccnc2)CO3)cc1CO. The standard InChI is InChI=1S/C28H32N2O7/c1-19(32)36-26-7-5-22(12-23(26)15-31)25(33)14-30-10-8-20-4-6-27-28(11-20)37-24(18-35-27)17-34-16-21-3-2-9-29-13-21/h2-7,9,11-13,24-25,30-31,33H,8,10,14-18H2,1H3. The van der Waals surface area contributed by atoms with Crippen LogP contribution in [0.15, 0.2) is 60.9 Å². The molecule has 37 heavy (non-hydrogen) atoms. The Labute approximate surface area is 216 Å². The first-order valence-electron chi connectivity index (χ1n) is 12.2. The minimum absolute atomic E-state index is 0.191. The number of rotatable bonds is 12. The number of ether oxygens (including phenoxy) is 4. The Bertz CT molecular complexity index is 1170. The molecule has 9 nitrogen and oxygen atoms in total. The van der Waals surface area contributed by atoms with Gasteiger partial charge in [-0.1, -0.05) is 18.2 Å². The number of carbonyl (C=O) groups is 1. The molecule has 0 aliphatic carbocycles. The number of aliphatic hydroxyl groups excluding tert-OH is 2. The van der Waals surface area contributed by atoms with Crippen LogP contribution < -0.4 is 19.5 Å². The first-order valence-corrected chi connectivity index (χ1v) is 12.2. The van der Waals surface area contributed by atoms with Crippen molar-refractivity contribution >= 4 is 5.97 Å². The molecule has 4 rings (SSSR count). The van der Waals surface area contributed by atoms with Gasteiger partial charge in [0.25, 0.3) is 0 Å². The number of aromatic nitrogens is 1. The maximum Gasteiger partial charge on any atom is 0.308 e. The quantitative estimate of drug-likeness (QED) is 0.193. The zero-order valence-electron chi connectivity index (χ0n) is 20.8. The van der Waals surface area contributed by atoms with E-state index in [2.05, 4.69) is 10.3 Å². The third-order valence-corrected chi connectivity index (χ3v) is 5.84. The van der Waals surface area contributed by atoms with Crippen LogP contribution in [0.4, 0.5) is 0 Å². The monoisotopic (exact) mass is 508 g/mol. The molecule has 0 saturated heterocycles. The maximum atomic E-state index is 11.2. The van der Waals surface area contributed by atoms with Gasteiger partial charge in [-0.15, -0.1) is 0 Å². The molecule has 2 unspecified atom stereocenters. The Kier molecular flexibility index (Phi) is 9.45. The average molecular weight is 509 g/mol. The van der Waals surface area contributed by atoms with E-state index in [0.717, 1.165) is 17.5 Å². The van der Waals surface area contributed by atoms with Gasteiger partial charge in [0.05, 0.1) is 25.9 Å². The summed E-state index contributed by atoms with van der Waals surface area (Å²) in [5, 5.41) is 23.3. The zero-order valence-corrected chi connectivity index (χ0v) is 20.8. The number of carbonyl (C=O) groups excluding carboxylic acids is 1. The van der Waals surface area contributed by atoms with Crippen LogP contribution in [0.3, 0.4) is 0 Å². The zero-order chi connectivity index (χ0) is 26.0. The van der Waals surface area contributed by atoms with Gasteiger partial charge in [-0.3, -0.25) is 9.78 Å². The van der Waals surface area contributed by atoms with Gasteiger partial charge in [-0.2, -0.15) is 0 Å². The fourth-order valence-corrected chi connectivity index (χ4v) is 3.96. The van der Waals surface area contributed by atoms with E-state index in [9.17, 15) is 15.0 Å². The second kappa shape index (κ2) is 13.2. The summed E-state index contributed by atoms with van der Waals surface area (Å²) >= 11 is 0. The fourth-order valence-electron chi connectivity index (χ4n) is 3.96. The molecule has 0 radical (unpaired) electrons. The fraction of sp³-hybridized carbons (Fsp3) is 0.357. The molecule has 2 heterocycles.